The van der Waals surface area contributed by atoms with Crippen LogP contribution in [0.3, 0.4) is 0 Å². The van der Waals surface area contributed by atoms with Gasteiger partial charge in [0.05, 0.1) is 6.20 Å². The summed E-state index contributed by atoms with van der Waals surface area (Å²) in [6.07, 6.45) is 3.36. The van der Waals surface area contributed by atoms with Crippen LogP contribution in [0.2, 0.25) is 0 Å². The Bertz CT molecular complexity index is 800. The molecule has 2 heterocycles. The predicted octanol–water partition coefficient (Wildman–Crippen LogP) is 3.74. The molecule has 0 aliphatic rings. The number of H-pyrrole nitrogens is 1. The molecule has 0 aliphatic heterocycles. The van der Waals surface area contributed by atoms with Gasteiger partial charge in [0.15, 0.2) is 5.82 Å². The van der Waals surface area contributed by atoms with Crippen LogP contribution < -0.4 is 5.32 Å². The first-order valence-corrected chi connectivity index (χ1v) is 7.28. The fourth-order valence-corrected chi connectivity index (χ4v) is 2.71. The number of amides is 1. The van der Waals surface area contributed by atoms with Crippen molar-refractivity contribution in [1.29, 1.82) is 0 Å². The van der Waals surface area contributed by atoms with Crippen LogP contribution in [0.1, 0.15) is 10.4 Å². The maximum atomic E-state index is 12.2. The predicted molar refractivity (Wildman–Crippen MR) is 83.7 cm³/mol. The topological polar surface area (TPSA) is 70.7 Å². The molecule has 0 bridgehead atoms. The molecule has 0 fully saturated rings. The van der Waals surface area contributed by atoms with Crippen LogP contribution in [0, 0.1) is 0 Å². The van der Waals surface area contributed by atoms with Crippen molar-refractivity contribution in [3.63, 3.8) is 0 Å². The first kappa shape index (κ1) is 13.3. The van der Waals surface area contributed by atoms with E-state index >= 15 is 0 Å². The number of nitrogens with one attached hydrogen (secondary N) is 2. The fourth-order valence-electron chi connectivity index (χ4n) is 1.80. The fraction of sp³-hybridized carbons (Fsp3) is 0. The molecule has 7 heteroatoms. The van der Waals surface area contributed by atoms with Crippen molar-refractivity contribution < 1.29 is 4.79 Å². The van der Waals surface area contributed by atoms with Gasteiger partial charge in [0.25, 0.3) is 5.91 Å². The molecule has 0 unspecified atom stereocenters. The Balaban J connectivity index is 1.88. The first-order valence-electron chi connectivity index (χ1n) is 5.70. The monoisotopic (exact) mass is 394 g/mol. The summed E-state index contributed by atoms with van der Waals surface area (Å²) in [6.45, 7) is 0. The van der Waals surface area contributed by atoms with Gasteiger partial charge in [0.2, 0.25) is 0 Å². The average molecular weight is 396 g/mol. The van der Waals surface area contributed by atoms with Gasteiger partial charge in [-0.1, -0.05) is 0 Å². The van der Waals surface area contributed by atoms with Crippen LogP contribution in [-0.2, 0) is 0 Å². The molecule has 20 heavy (non-hydrogen) atoms. The van der Waals surface area contributed by atoms with E-state index in [9.17, 15) is 4.79 Å². The number of aromatic amines is 1. The summed E-state index contributed by atoms with van der Waals surface area (Å²) in [5, 5.41) is 3.70. The molecule has 3 aromatic rings. The minimum Gasteiger partial charge on any atom is -0.361 e. The van der Waals surface area contributed by atoms with Gasteiger partial charge in [-0.3, -0.25) is 4.79 Å². The van der Waals surface area contributed by atoms with Crippen molar-refractivity contribution in [3.8, 4) is 0 Å². The van der Waals surface area contributed by atoms with Gasteiger partial charge in [-0.2, -0.15) is 0 Å². The Morgan fingerprint density at radius 1 is 1.25 bits per heavy atom. The van der Waals surface area contributed by atoms with Gasteiger partial charge >= 0.3 is 0 Å². The molecule has 100 valence electrons. The zero-order valence-corrected chi connectivity index (χ0v) is 13.2. The van der Waals surface area contributed by atoms with Crippen molar-refractivity contribution in [3.05, 3.63) is 51.4 Å². The third-order valence-electron chi connectivity index (χ3n) is 2.75. The molecular formula is C13H8Br2N4O. The third kappa shape index (κ3) is 2.59. The lowest BCUT2D eigenvalue weighted by molar-refractivity contribution is 0.102. The van der Waals surface area contributed by atoms with E-state index in [1.54, 1.807) is 6.07 Å². The number of nitrogens with zero attached hydrogens (tertiary/aromatic N) is 2. The molecule has 0 saturated carbocycles. The van der Waals surface area contributed by atoms with Gasteiger partial charge < -0.3 is 10.3 Å². The van der Waals surface area contributed by atoms with Crippen molar-refractivity contribution in [2.45, 2.75) is 0 Å². The maximum absolute atomic E-state index is 12.2. The van der Waals surface area contributed by atoms with Crippen LogP contribution in [0.15, 0.2) is 45.9 Å². The molecular weight excluding hydrogens is 388 g/mol. The van der Waals surface area contributed by atoms with Crippen LogP contribution >= 0.6 is 31.9 Å². The zero-order valence-electron chi connectivity index (χ0n) is 10.0. The quantitative estimate of drug-likeness (QED) is 0.694. The lowest BCUT2D eigenvalue weighted by Gasteiger charge is -2.06. The molecule has 3 rings (SSSR count). The highest BCUT2D eigenvalue weighted by atomic mass is 79.9. The van der Waals surface area contributed by atoms with Crippen LogP contribution in [-0.4, -0.2) is 20.9 Å². The van der Waals surface area contributed by atoms with Crippen LogP contribution in [0.4, 0.5) is 5.82 Å². The number of aromatic nitrogens is 3. The Morgan fingerprint density at radius 2 is 2.10 bits per heavy atom. The molecule has 1 aromatic carbocycles. The summed E-state index contributed by atoms with van der Waals surface area (Å²) in [5.74, 6) is 0.151. The molecule has 2 aromatic heterocycles. The molecule has 0 aliphatic carbocycles. The Morgan fingerprint density at radius 3 is 2.90 bits per heavy atom. The molecule has 1 amide bonds. The number of halogens is 2. The summed E-state index contributed by atoms with van der Waals surface area (Å²) in [4.78, 5) is 23.5. The van der Waals surface area contributed by atoms with E-state index in [-0.39, 0.29) is 5.91 Å². The molecule has 5 nitrogen and oxygen atoms in total. The van der Waals surface area contributed by atoms with Crippen molar-refractivity contribution >= 4 is 54.5 Å². The first-order chi connectivity index (χ1) is 9.63. The number of hydrogen-bond acceptors (Lipinski definition) is 3. The molecule has 0 saturated heterocycles. The maximum Gasteiger partial charge on any atom is 0.256 e. The van der Waals surface area contributed by atoms with Crippen LogP contribution in [0.25, 0.3) is 10.9 Å². The number of anilines is 1. The van der Waals surface area contributed by atoms with Gasteiger partial charge in [-0.25, -0.2) is 9.97 Å². The van der Waals surface area contributed by atoms with E-state index in [1.165, 1.54) is 6.20 Å². The number of fused-ring (bicyclic) bond motifs is 1. The molecule has 2 N–H and O–H groups in total. The average Bonchev–Trinajstić information content (AvgIpc) is 2.89. The highest BCUT2D eigenvalue weighted by molar-refractivity contribution is 9.11. The summed E-state index contributed by atoms with van der Waals surface area (Å²) in [5.41, 5.74) is 1.56. The van der Waals surface area contributed by atoms with Crippen LogP contribution in [0.5, 0.6) is 0 Å². The Kier molecular flexibility index (Phi) is 3.54. The SMILES string of the molecule is O=C(Nc1ncc(Br)nc1Br)c1ccc2[nH]ccc2c1. The summed E-state index contributed by atoms with van der Waals surface area (Å²) in [7, 11) is 0. The molecule has 0 spiro atoms. The number of carbonyl (C=O) groups is 1. The summed E-state index contributed by atoms with van der Waals surface area (Å²) >= 11 is 6.47. The lowest BCUT2D eigenvalue weighted by Crippen LogP contribution is -2.13. The summed E-state index contributed by atoms with van der Waals surface area (Å²) < 4.78 is 1.07. The molecule has 0 radical (unpaired) electrons. The zero-order chi connectivity index (χ0) is 14.1. The van der Waals surface area contributed by atoms with E-state index in [0.29, 0.717) is 20.6 Å². The normalized spacial score (nSPS) is 10.7. The number of rotatable bonds is 2. The number of benzene rings is 1. The molecule has 0 atom stereocenters. The number of hydrogen-bond donors (Lipinski definition) is 2. The third-order valence-corrected chi connectivity index (χ3v) is 3.68. The summed E-state index contributed by atoms with van der Waals surface area (Å²) in [6, 6.07) is 7.36. The van der Waals surface area contributed by atoms with E-state index in [1.807, 2.05) is 24.4 Å². The minimum absolute atomic E-state index is 0.231. The van der Waals surface area contributed by atoms with Crippen molar-refractivity contribution in [2.75, 3.05) is 5.32 Å². The van der Waals surface area contributed by atoms with E-state index < -0.39 is 0 Å². The minimum atomic E-state index is -0.231. The lowest BCUT2D eigenvalue weighted by atomic mass is 10.1. The Labute approximate surface area is 131 Å². The smallest absolute Gasteiger partial charge is 0.256 e. The van der Waals surface area contributed by atoms with E-state index in [0.717, 1.165) is 10.9 Å². The Hall–Kier alpha value is -1.73. The highest BCUT2D eigenvalue weighted by Gasteiger charge is 2.11. The van der Waals surface area contributed by atoms with Crippen molar-refractivity contribution in [1.82, 2.24) is 15.0 Å². The van der Waals surface area contributed by atoms with Gasteiger partial charge in [0.1, 0.15) is 9.21 Å². The second kappa shape index (κ2) is 5.34. The van der Waals surface area contributed by atoms with E-state index in [4.69, 9.17) is 0 Å². The van der Waals surface area contributed by atoms with Gasteiger partial charge in [-0.15, -0.1) is 0 Å². The highest BCUT2D eigenvalue weighted by Crippen LogP contribution is 2.21. The largest absolute Gasteiger partial charge is 0.361 e. The van der Waals surface area contributed by atoms with Gasteiger partial charge in [0, 0.05) is 22.7 Å². The second-order valence-electron chi connectivity index (χ2n) is 4.07. The standard InChI is InChI=1S/C13H8Br2N4O/c14-10-6-17-12(11(15)18-10)19-13(20)8-1-2-9-7(5-8)3-4-16-9/h1-6,16H,(H,17,19,20). The van der Waals surface area contributed by atoms with Gasteiger partial charge in [-0.05, 0) is 56.1 Å². The van der Waals surface area contributed by atoms with E-state index in [2.05, 4.69) is 52.1 Å². The second-order valence-corrected chi connectivity index (χ2v) is 5.63. The number of carbonyl (C=O) groups excluding carboxylic acids is 1. The van der Waals surface area contributed by atoms with Crippen molar-refractivity contribution in [2.24, 2.45) is 0 Å².